The van der Waals surface area contributed by atoms with Crippen molar-refractivity contribution in [2.45, 2.75) is 18.8 Å². The van der Waals surface area contributed by atoms with Gasteiger partial charge in [-0.15, -0.1) is 0 Å². The van der Waals surface area contributed by atoms with Crippen molar-refractivity contribution in [2.75, 3.05) is 25.4 Å². The number of likely N-dealkylation sites (tertiary alicyclic amines) is 1. The molecule has 0 unspecified atom stereocenters. The van der Waals surface area contributed by atoms with E-state index in [0.717, 1.165) is 43.5 Å². The predicted molar refractivity (Wildman–Crippen MR) is 89.6 cm³/mol. The van der Waals surface area contributed by atoms with Crippen LogP contribution < -0.4 is 10.5 Å². The summed E-state index contributed by atoms with van der Waals surface area (Å²) in [6.45, 7) is 2.38. The third-order valence-corrected chi connectivity index (χ3v) is 4.26. The summed E-state index contributed by atoms with van der Waals surface area (Å²) < 4.78 is 5.96. The molecule has 3 rings (SSSR count). The normalized spacial score (nSPS) is 16.2. The lowest BCUT2D eigenvalue weighted by Gasteiger charge is -2.31. The quantitative estimate of drug-likeness (QED) is 0.679. The molecule has 1 aliphatic rings. The molecule has 23 heavy (non-hydrogen) atoms. The monoisotopic (exact) mass is 311 g/mol. The van der Waals surface area contributed by atoms with Crippen LogP contribution in [0.1, 0.15) is 24.3 Å². The van der Waals surface area contributed by atoms with Gasteiger partial charge in [0.1, 0.15) is 12.0 Å². The van der Waals surface area contributed by atoms with Gasteiger partial charge < -0.3 is 15.3 Å². The number of hydrogen-bond donors (Lipinski definition) is 1. The number of ether oxygens (including phenoxy) is 1. The first-order valence-electron chi connectivity index (χ1n) is 7.90. The molecule has 0 bridgehead atoms. The highest BCUT2D eigenvalue weighted by molar-refractivity contribution is 5.52. The van der Waals surface area contributed by atoms with E-state index in [9.17, 15) is 4.79 Å². The Hall–Kier alpha value is -2.40. The molecule has 2 N–H and O–H groups in total. The number of hydrogen-bond acceptors (Lipinski definition) is 5. The van der Waals surface area contributed by atoms with Crippen LogP contribution in [-0.2, 0) is 4.79 Å². The van der Waals surface area contributed by atoms with Crippen molar-refractivity contribution >= 4 is 12.0 Å². The lowest BCUT2D eigenvalue weighted by molar-refractivity contribution is -0.109. The lowest BCUT2D eigenvalue weighted by atomic mass is 9.90. The zero-order chi connectivity index (χ0) is 16.1. The van der Waals surface area contributed by atoms with Gasteiger partial charge in [-0.2, -0.15) is 0 Å². The first-order valence-corrected chi connectivity index (χ1v) is 7.90. The Morgan fingerprint density at radius 2 is 1.96 bits per heavy atom. The Balaban J connectivity index is 1.73. The fraction of sp³-hybridized carbons (Fsp3) is 0.333. The average molecular weight is 311 g/mol. The second-order valence-corrected chi connectivity index (χ2v) is 5.81. The molecule has 0 saturated carbocycles. The number of nitrogen functional groups attached to an aromatic ring is 1. The second-order valence-electron chi connectivity index (χ2n) is 5.81. The molecule has 2 aromatic rings. The van der Waals surface area contributed by atoms with Gasteiger partial charge in [-0.1, -0.05) is 6.07 Å². The smallest absolute Gasteiger partial charge is 0.222 e. The van der Waals surface area contributed by atoms with Crippen LogP contribution in [0.15, 0.2) is 42.6 Å². The largest absolute Gasteiger partial charge is 0.439 e. The lowest BCUT2D eigenvalue weighted by Crippen LogP contribution is -2.34. The van der Waals surface area contributed by atoms with Crippen molar-refractivity contribution < 1.29 is 9.53 Å². The van der Waals surface area contributed by atoms with Gasteiger partial charge in [-0.3, -0.25) is 4.90 Å². The van der Waals surface area contributed by atoms with Crippen molar-refractivity contribution in [3.63, 3.8) is 0 Å². The highest BCUT2D eigenvalue weighted by Gasteiger charge is 2.23. The summed E-state index contributed by atoms with van der Waals surface area (Å²) in [5.41, 5.74) is 7.55. The van der Waals surface area contributed by atoms with Crippen LogP contribution >= 0.6 is 0 Å². The zero-order valence-electron chi connectivity index (χ0n) is 13.0. The molecule has 120 valence electrons. The van der Waals surface area contributed by atoms with Crippen LogP contribution in [0, 0.1) is 0 Å². The highest BCUT2D eigenvalue weighted by Crippen LogP contribution is 2.34. The molecule has 1 saturated heterocycles. The standard InChI is InChI=1S/C18H21N3O2/c19-15-3-5-16(6-4-15)23-18-17(2-1-9-20-18)14-7-10-21(11-8-14)12-13-22/h1-6,9,13-14H,7-8,10-12,19H2. The minimum atomic E-state index is 0.412. The molecule has 1 aromatic heterocycles. The van der Waals surface area contributed by atoms with Gasteiger partial charge in [0.15, 0.2) is 0 Å². The topological polar surface area (TPSA) is 68.5 Å². The van der Waals surface area contributed by atoms with Crippen molar-refractivity contribution in [3.05, 3.63) is 48.2 Å². The minimum absolute atomic E-state index is 0.412. The maximum Gasteiger partial charge on any atom is 0.222 e. The van der Waals surface area contributed by atoms with Gasteiger partial charge in [-0.05, 0) is 62.2 Å². The summed E-state index contributed by atoms with van der Waals surface area (Å²) in [6, 6.07) is 11.4. The molecule has 0 aliphatic carbocycles. The number of pyridine rings is 1. The number of aldehydes is 1. The van der Waals surface area contributed by atoms with E-state index in [0.29, 0.717) is 24.0 Å². The number of carbonyl (C=O) groups excluding carboxylic acids is 1. The first-order chi connectivity index (χ1) is 11.3. The molecular formula is C18H21N3O2. The maximum absolute atomic E-state index is 10.6. The highest BCUT2D eigenvalue weighted by atomic mass is 16.5. The molecule has 1 aliphatic heterocycles. The van der Waals surface area contributed by atoms with Gasteiger partial charge in [0.2, 0.25) is 5.88 Å². The number of carbonyl (C=O) groups is 1. The van der Waals surface area contributed by atoms with Crippen molar-refractivity contribution in [2.24, 2.45) is 0 Å². The van der Waals surface area contributed by atoms with Crippen molar-refractivity contribution in [1.82, 2.24) is 9.88 Å². The number of nitrogens with two attached hydrogens (primary N) is 1. The van der Waals surface area contributed by atoms with Crippen molar-refractivity contribution in [1.29, 1.82) is 0 Å². The fourth-order valence-electron chi connectivity index (χ4n) is 2.98. The number of nitrogens with zero attached hydrogens (tertiary/aromatic N) is 2. The third kappa shape index (κ3) is 3.87. The van der Waals surface area contributed by atoms with E-state index in [-0.39, 0.29) is 0 Å². The Kier molecular flexibility index (Phi) is 4.88. The van der Waals surface area contributed by atoms with E-state index in [2.05, 4.69) is 16.0 Å². The summed E-state index contributed by atoms with van der Waals surface area (Å²) in [5, 5.41) is 0. The number of anilines is 1. The van der Waals surface area contributed by atoms with Crippen molar-refractivity contribution in [3.8, 4) is 11.6 Å². The van der Waals surface area contributed by atoms with E-state index in [4.69, 9.17) is 10.5 Å². The van der Waals surface area contributed by atoms with E-state index in [1.54, 1.807) is 6.20 Å². The molecule has 5 nitrogen and oxygen atoms in total. The molecule has 0 radical (unpaired) electrons. The summed E-state index contributed by atoms with van der Waals surface area (Å²) in [5.74, 6) is 1.80. The number of aromatic nitrogens is 1. The third-order valence-electron chi connectivity index (χ3n) is 4.26. The molecule has 1 aromatic carbocycles. The summed E-state index contributed by atoms with van der Waals surface area (Å²) in [4.78, 5) is 17.2. The summed E-state index contributed by atoms with van der Waals surface area (Å²) >= 11 is 0. The van der Waals surface area contributed by atoms with Gasteiger partial charge in [0.25, 0.3) is 0 Å². The molecule has 0 atom stereocenters. The molecule has 5 heteroatoms. The zero-order valence-corrected chi connectivity index (χ0v) is 13.0. The Morgan fingerprint density at radius 3 is 2.65 bits per heavy atom. The van der Waals surface area contributed by atoms with Crippen LogP contribution in [-0.4, -0.2) is 35.8 Å². The second kappa shape index (κ2) is 7.24. The first kappa shape index (κ1) is 15.5. The predicted octanol–water partition coefficient (Wildman–Crippen LogP) is 2.83. The van der Waals surface area contributed by atoms with E-state index >= 15 is 0 Å². The van der Waals surface area contributed by atoms with Gasteiger partial charge in [0, 0.05) is 17.4 Å². The van der Waals surface area contributed by atoms with Crippen LogP contribution in [0.5, 0.6) is 11.6 Å². The van der Waals surface area contributed by atoms with Crippen LogP contribution in [0.4, 0.5) is 5.69 Å². The Morgan fingerprint density at radius 1 is 1.22 bits per heavy atom. The number of piperidine rings is 1. The molecule has 0 spiro atoms. The summed E-state index contributed by atoms with van der Waals surface area (Å²) in [6.07, 6.45) is 4.74. The van der Waals surface area contributed by atoms with Crippen LogP contribution in [0.3, 0.4) is 0 Å². The van der Waals surface area contributed by atoms with Gasteiger partial charge in [-0.25, -0.2) is 4.98 Å². The van der Waals surface area contributed by atoms with E-state index in [1.165, 1.54) is 0 Å². The van der Waals surface area contributed by atoms with E-state index < -0.39 is 0 Å². The number of rotatable bonds is 5. The van der Waals surface area contributed by atoms with Gasteiger partial charge in [0.05, 0.1) is 6.54 Å². The number of benzene rings is 1. The average Bonchev–Trinajstić information content (AvgIpc) is 2.59. The van der Waals surface area contributed by atoms with E-state index in [1.807, 2.05) is 30.3 Å². The van der Waals surface area contributed by atoms with Crippen LogP contribution in [0.2, 0.25) is 0 Å². The SMILES string of the molecule is Nc1ccc(Oc2ncccc2C2CCN(CC=O)CC2)cc1. The molecular weight excluding hydrogens is 290 g/mol. The molecule has 0 amide bonds. The summed E-state index contributed by atoms with van der Waals surface area (Å²) in [7, 11) is 0. The minimum Gasteiger partial charge on any atom is -0.439 e. The fourth-order valence-corrected chi connectivity index (χ4v) is 2.98. The molecule has 2 heterocycles. The Bertz CT molecular complexity index is 650. The Labute approximate surface area is 136 Å². The van der Waals surface area contributed by atoms with Crippen LogP contribution in [0.25, 0.3) is 0 Å². The van der Waals surface area contributed by atoms with Gasteiger partial charge >= 0.3 is 0 Å². The maximum atomic E-state index is 10.6. The molecule has 1 fully saturated rings.